The lowest BCUT2D eigenvalue weighted by atomic mass is 10.1. The van der Waals surface area contributed by atoms with Crippen LogP contribution in [0.2, 0.25) is 0 Å². The lowest BCUT2D eigenvalue weighted by Gasteiger charge is -2.31. The van der Waals surface area contributed by atoms with Crippen LogP contribution in [0.5, 0.6) is 0 Å². The Balaban J connectivity index is 1.46. The summed E-state index contributed by atoms with van der Waals surface area (Å²) >= 11 is 0. The maximum atomic E-state index is 12.1. The maximum Gasteiger partial charge on any atom is 0.241 e. The molecule has 0 atom stereocenters. The fourth-order valence-electron chi connectivity index (χ4n) is 2.91. The molecule has 2 amide bonds. The van der Waals surface area contributed by atoms with Crippen LogP contribution in [0.25, 0.3) is 11.3 Å². The molecule has 28 heavy (non-hydrogen) atoms. The summed E-state index contributed by atoms with van der Waals surface area (Å²) in [6, 6.07) is 7.39. The largest absolute Gasteiger partial charge is 0.375 e. The molecule has 8 nitrogen and oxygen atoms in total. The number of carbonyl (C=O) groups is 2. The van der Waals surface area contributed by atoms with Crippen LogP contribution < -0.4 is 10.6 Å². The van der Waals surface area contributed by atoms with Gasteiger partial charge in [-0.05, 0) is 31.4 Å². The van der Waals surface area contributed by atoms with Crippen LogP contribution >= 0.6 is 0 Å². The third kappa shape index (κ3) is 3.93. The molecule has 2 aromatic rings. The minimum absolute atomic E-state index is 0.0150. The van der Waals surface area contributed by atoms with Crippen molar-refractivity contribution in [1.82, 2.24) is 14.9 Å². The van der Waals surface area contributed by atoms with E-state index < -0.39 is 0 Å². The summed E-state index contributed by atoms with van der Waals surface area (Å²) in [4.78, 5) is 34.2. The zero-order chi connectivity index (χ0) is 19.5. The van der Waals surface area contributed by atoms with E-state index in [2.05, 4.69) is 26.7 Å². The van der Waals surface area contributed by atoms with Crippen molar-refractivity contribution in [2.75, 3.05) is 30.3 Å². The van der Waals surface area contributed by atoms with Crippen molar-refractivity contribution >= 4 is 23.3 Å². The first-order valence-corrected chi connectivity index (χ1v) is 9.33. The SMILES string of the molecule is N#Cc1ccc(-c2cnc(NC(=O)C3CC3)cn2)cc1NCC(=O)N1CCC1. The minimum atomic E-state index is -0.0150. The second-order valence-electron chi connectivity index (χ2n) is 7.01. The zero-order valence-corrected chi connectivity index (χ0v) is 15.3. The van der Waals surface area contributed by atoms with Crippen LogP contribution in [0, 0.1) is 17.2 Å². The molecule has 0 radical (unpaired) electrons. The summed E-state index contributed by atoms with van der Waals surface area (Å²) in [6.07, 6.45) is 6.00. The van der Waals surface area contributed by atoms with E-state index >= 15 is 0 Å². The van der Waals surface area contributed by atoms with E-state index in [4.69, 9.17) is 0 Å². The number of likely N-dealkylation sites (tertiary alicyclic amines) is 1. The number of hydrogen-bond donors (Lipinski definition) is 2. The average molecular weight is 376 g/mol. The predicted octanol–water partition coefficient (Wildman–Crippen LogP) is 2.01. The van der Waals surface area contributed by atoms with Crippen molar-refractivity contribution in [2.45, 2.75) is 19.3 Å². The van der Waals surface area contributed by atoms with Gasteiger partial charge in [-0.25, -0.2) is 4.98 Å². The number of nitriles is 1. The summed E-state index contributed by atoms with van der Waals surface area (Å²) in [7, 11) is 0. The van der Waals surface area contributed by atoms with Crippen molar-refractivity contribution in [1.29, 1.82) is 5.26 Å². The number of nitrogens with one attached hydrogen (secondary N) is 2. The number of rotatable bonds is 6. The van der Waals surface area contributed by atoms with Gasteiger partial charge in [0.1, 0.15) is 6.07 Å². The van der Waals surface area contributed by atoms with Gasteiger partial charge in [-0.15, -0.1) is 0 Å². The van der Waals surface area contributed by atoms with Gasteiger partial charge in [0.25, 0.3) is 0 Å². The quantitative estimate of drug-likeness (QED) is 0.798. The van der Waals surface area contributed by atoms with Crippen LogP contribution in [-0.2, 0) is 9.59 Å². The molecule has 0 spiro atoms. The topological polar surface area (TPSA) is 111 Å². The molecule has 1 aromatic heterocycles. The first kappa shape index (κ1) is 17.9. The Morgan fingerprint density at radius 2 is 2.04 bits per heavy atom. The summed E-state index contributed by atoms with van der Waals surface area (Å²) < 4.78 is 0. The van der Waals surface area contributed by atoms with Gasteiger partial charge in [0.15, 0.2) is 5.82 Å². The molecule has 2 fully saturated rings. The monoisotopic (exact) mass is 376 g/mol. The second kappa shape index (κ2) is 7.64. The number of aromatic nitrogens is 2. The first-order chi connectivity index (χ1) is 13.6. The van der Waals surface area contributed by atoms with Gasteiger partial charge >= 0.3 is 0 Å². The van der Waals surface area contributed by atoms with Crippen LogP contribution in [-0.4, -0.2) is 46.3 Å². The lowest BCUT2D eigenvalue weighted by molar-refractivity contribution is -0.132. The van der Waals surface area contributed by atoms with E-state index in [1.807, 2.05) is 0 Å². The fraction of sp³-hybridized carbons (Fsp3) is 0.350. The van der Waals surface area contributed by atoms with Crippen molar-refractivity contribution < 1.29 is 9.59 Å². The molecule has 1 saturated carbocycles. The number of nitrogens with zero attached hydrogens (tertiary/aromatic N) is 4. The van der Waals surface area contributed by atoms with E-state index in [-0.39, 0.29) is 24.3 Å². The molecule has 1 saturated heterocycles. The molecule has 2 heterocycles. The number of hydrogen-bond acceptors (Lipinski definition) is 6. The molecule has 0 unspecified atom stereocenters. The van der Waals surface area contributed by atoms with Crippen LogP contribution in [0.15, 0.2) is 30.6 Å². The maximum absolute atomic E-state index is 12.1. The van der Waals surface area contributed by atoms with Gasteiger partial charge < -0.3 is 15.5 Å². The number of carbonyl (C=O) groups excluding carboxylic acids is 2. The molecule has 1 aliphatic heterocycles. The third-order valence-electron chi connectivity index (χ3n) is 4.93. The summed E-state index contributed by atoms with van der Waals surface area (Å²) in [5, 5.41) is 15.1. The molecular formula is C20H20N6O2. The summed E-state index contributed by atoms with van der Waals surface area (Å²) in [5.74, 6) is 0.537. The van der Waals surface area contributed by atoms with E-state index in [1.54, 1.807) is 29.3 Å². The number of benzene rings is 1. The molecular weight excluding hydrogens is 356 g/mol. The first-order valence-electron chi connectivity index (χ1n) is 9.33. The highest BCUT2D eigenvalue weighted by Gasteiger charge is 2.29. The van der Waals surface area contributed by atoms with Gasteiger partial charge in [0.2, 0.25) is 11.8 Å². The molecule has 1 aliphatic carbocycles. The average Bonchev–Trinajstić information content (AvgIpc) is 3.51. The summed E-state index contributed by atoms with van der Waals surface area (Å²) in [6.45, 7) is 1.74. The van der Waals surface area contributed by atoms with E-state index in [1.165, 1.54) is 6.20 Å². The van der Waals surface area contributed by atoms with Crippen molar-refractivity contribution in [3.05, 3.63) is 36.2 Å². The highest BCUT2D eigenvalue weighted by atomic mass is 16.2. The Hall–Kier alpha value is -3.47. The Morgan fingerprint density at radius 1 is 1.21 bits per heavy atom. The standard InChI is InChI=1S/C20H20N6O2/c21-9-15-5-4-14(8-16(15)23-12-19(27)26-6-1-7-26)17-10-24-18(11-22-17)25-20(28)13-2-3-13/h4-5,8,10-11,13,23H,1-3,6-7,12H2,(H,24,25,28). The third-order valence-corrected chi connectivity index (χ3v) is 4.93. The Labute approximate surface area is 162 Å². The molecule has 0 bridgehead atoms. The molecule has 142 valence electrons. The van der Waals surface area contributed by atoms with Crippen LogP contribution in [0.1, 0.15) is 24.8 Å². The number of anilines is 2. The Bertz CT molecular complexity index is 942. The highest BCUT2D eigenvalue weighted by Crippen LogP contribution is 2.30. The van der Waals surface area contributed by atoms with E-state index in [0.29, 0.717) is 22.8 Å². The lowest BCUT2D eigenvalue weighted by Crippen LogP contribution is -2.44. The van der Waals surface area contributed by atoms with Crippen LogP contribution in [0.4, 0.5) is 11.5 Å². The van der Waals surface area contributed by atoms with Crippen molar-refractivity contribution in [3.63, 3.8) is 0 Å². The van der Waals surface area contributed by atoms with Gasteiger partial charge in [-0.3, -0.25) is 14.6 Å². The molecule has 2 N–H and O–H groups in total. The molecule has 4 rings (SSSR count). The second-order valence-corrected chi connectivity index (χ2v) is 7.01. The van der Waals surface area contributed by atoms with Crippen molar-refractivity contribution in [2.24, 2.45) is 5.92 Å². The van der Waals surface area contributed by atoms with Gasteiger partial charge in [-0.1, -0.05) is 6.07 Å². The van der Waals surface area contributed by atoms with Gasteiger partial charge in [-0.2, -0.15) is 5.26 Å². The zero-order valence-electron chi connectivity index (χ0n) is 15.3. The molecule has 2 aliphatic rings. The van der Waals surface area contributed by atoms with Gasteiger partial charge in [0.05, 0.1) is 35.9 Å². The van der Waals surface area contributed by atoms with Gasteiger partial charge in [0, 0.05) is 24.6 Å². The predicted molar refractivity (Wildman–Crippen MR) is 103 cm³/mol. The Kier molecular flexibility index (Phi) is 4.89. The van der Waals surface area contributed by atoms with E-state index in [0.717, 1.165) is 37.9 Å². The highest BCUT2D eigenvalue weighted by molar-refractivity contribution is 5.93. The minimum Gasteiger partial charge on any atom is -0.375 e. The summed E-state index contributed by atoms with van der Waals surface area (Å²) in [5.41, 5.74) is 2.43. The normalized spacial score (nSPS) is 15.3. The van der Waals surface area contributed by atoms with E-state index in [9.17, 15) is 14.9 Å². The molecule has 1 aromatic carbocycles. The molecule has 8 heteroatoms. The van der Waals surface area contributed by atoms with Crippen molar-refractivity contribution in [3.8, 4) is 17.3 Å². The smallest absolute Gasteiger partial charge is 0.241 e. The number of amides is 2. The Morgan fingerprint density at radius 3 is 2.64 bits per heavy atom. The van der Waals surface area contributed by atoms with Crippen LogP contribution in [0.3, 0.4) is 0 Å². The fourth-order valence-corrected chi connectivity index (χ4v) is 2.91.